The van der Waals surface area contributed by atoms with Crippen LogP contribution in [0.1, 0.15) is 18.1 Å². The number of carbonyl (C=O) groups is 1. The molecule has 166 valence electrons. The summed E-state index contributed by atoms with van der Waals surface area (Å²) in [6.07, 6.45) is 2.67. The van der Waals surface area contributed by atoms with Crippen LogP contribution >= 0.6 is 23.2 Å². The fourth-order valence-corrected chi connectivity index (χ4v) is 4.59. The van der Waals surface area contributed by atoms with E-state index in [1.807, 2.05) is 13.8 Å². The molecule has 8 heteroatoms. The first kappa shape index (κ1) is 23.9. The highest BCUT2D eigenvalue weighted by Gasteiger charge is 2.29. The van der Waals surface area contributed by atoms with Gasteiger partial charge < -0.3 is 4.74 Å². The fourth-order valence-electron chi connectivity index (χ4n) is 2.90. The third-order valence-electron chi connectivity index (χ3n) is 4.50. The highest BCUT2D eigenvalue weighted by atomic mass is 35.5. The van der Waals surface area contributed by atoms with E-state index < -0.39 is 15.9 Å². The highest BCUT2D eigenvalue weighted by Crippen LogP contribution is 2.27. The number of sulfonamides is 1. The second-order valence-corrected chi connectivity index (χ2v) is 9.46. The first-order valence-electron chi connectivity index (χ1n) is 9.74. The Morgan fingerprint density at radius 2 is 1.62 bits per heavy atom. The first-order valence-corrected chi connectivity index (χ1v) is 11.9. The van der Waals surface area contributed by atoms with Crippen LogP contribution in [-0.2, 0) is 14.8 Å². The van der Waals surface area contributed by atoms with Crippen LogP contribution in [0.2, 0.25) is 10.0 Å². The molecule has 0 aromatic heterocycles. The molecule has 0 aliphatic rings. The molecule has 1 amide bonds. The maximum absolute atomic E-state index is 13.4. The molecule has 32 heavy (non-hydrogen) atoms. The Morgan fingerprint density at radius 3 is 2.22 bits per heavy atom. The second-order valence-electron chi connectivity index (χ2n) is 6.85. The molecule has 3 aromatic carbocycles. The van der Waals surface area contributed by atoms with Gasteiger partial charge in [0, 0.05) is 6.08 Å². The van der Waals surface area contributed by atoms with Gasteiger partial charge in [0.25, 0.3) is 15.9 Å². The Kier molecular flexibility index (Phi) is 7.61. The molecular formula is C24H21Cl2NO4S. The van der Waals surface area contributed by atoms with Crippen molar-refractivity contribution in [1.82, 2.24) is 0 Å². The minimum Gasteiger partial charge on any atom is -0.494 e. The lowest BCUT2D eigenvalue weighted by molar-refractivity contribution is -0.113. The molecule has 3 aromatic rings. The van der Waals surface area contributed by atoms with E-state index in [0.717, 1.165) is 9.87 Å². The normalized spacial score (nSPS) is 11.5. The summed E-state index contributed by atoms with van der Waals surface area (Å²) in [5.41, 5.74) is 1.70. The van der Waals surface area contributed by atoms with E-state index in [9.17, 15) is 13.2 Å². The Morgan fingerprint density at radius 1 is 0.969 bits per heavy atom. The Labute approximate surface area is 197 Å². The SMILES string of the molecule is CCOc1ccc(N(C(=O)/C=C/c2ccc(Cl)c(Cl)c2)S(=O)(=O)c2ccc(C)cc2)cc1. The number of carbonyl (C=O) groups excluding carboxylic acids is 1. The van der Waals surface area contributed by atoms with Crippen molar-refractivity contribution in [2.75, 3.05) is 10.9 Å². The fraction of sp³-hybridized carbons (Fsp3) is 0.125. The number of hydrogen-bond donors (Lipinski definition) is 0. The maximum atomic E-state index is 13.4. The first-order chi connectivity index (χ1) is 15.2. The number of benzene rings is 3. The van der Waals surface area contributed by atoms with Gasteiger partial charge in [-0.3, -0.25) is 4.79 Å². The summed E-state index contributed by atoms with van der Waals surface area (Å²) in [7, 11) is -4.17. The van der Waals surface area contributed by atoms with Crippen molar-refractivity contribution >= 4 is 50.9 Å². The van der Waals surface area contributed by atoms with Gasteiger partial charge in [0.15, 0.2) is 0 Å². The van der Waals surface area contributed by atoms with E-state index in [1.165, 1.54) is 36.4 Å². The number of anilines is 1. The lowest BCUT2D eigenvalue weighted by atomic mass is 10.2. The number of nitrogens with zero attached hydrogens (tertiary/aromatic N) is 1. The summed E-state index contributed by atoms with van der Waals surface area (Å²) in [5, 5.41) is 0.713. The molecule has 5 nitrogen and oxygen atoms in total. The molecule has 0 aliphatic heterocycles. The van der Waals surface area contributed by atoms with E-state index in [4.69, 9.17) is 27.9 Å². The predicted molar refractivity (Wildman–Crippen MR) is 129 cm³/mol. The summed E-state index contributed by atoms with van der Waals surface area (Å²) in [6, 6.07) is 17.5. The van der Waals surface area contributed by atoms with Crippen molar-refractivity contribution in [3.05, 3.63) is 94.0 Å². The van der Waals surface area contributed by atoms with E-state index in [1.54, 1.807) is 42.5 Å². The van der Waals surface area contributed by atoms with Crippen LogP contribution in [0.5, 0.6) is 5.75 Å². The molecule has 0 radical (unpaired) electrons. The zero-order valence-corrected chi connectivity index (χ0v) is 19.8. The predicted octanol–water partition coefficient (Wildman–Crippen LogP) is 6.14. The molecule has 0 N–H and O–H groups in total. The Hall–Kier alpha value is -2.80. The van der Waals surface area contributed by atoms with Gasteiger partial charge in [0.2, 0.25) is 0 Å². The van der Waals surface area contributed by atoms with Crippen molar-refractivity contribution < 1.29 is 17.9 Å². The van der Waals surface area contributed by atoms with Gasteiger partial charge in [-0.15, -0.1) is 0 Å². The molecular weight excluding hydrogens is 469 g/mol. The third-order valence-corrected chi connectivity index (χ3v) is 6.98. The maximum Gasteiger partial charge on any atom is 0.271 e. The lowest BCUT2D eigenvalue weighted by Crippen LogP contribution is -2.35. The number of halogens is 2. The van der Waals surface area contributed by atoms with Crippen LogP contribution in [0, 0.1) is 6.92 Å². The van der Waals surface area contributed by atoms with Gasteiger partial charge in [-0.2, -0.15) is 4.31 Å². The van der Waals surface area contributed by atoms with Crippen molar-refractivity contribution in [3.8, 4) is 5.75 Å². The van der Waals surface area contributed by atoms with Crippen molar-refractivity contribution in [3.63, 3.8) is 0 Å². The number of ether oxygens (including phenoxy) is 1. The summed E-state index contributed by atoms with van der Waals surface area (Å²) in [5.74, 6) is -0.163. The summed E-state index contributed by atoms with van der Waals surface area (Å²) < 4.78 is 33.0. The molecule has 0 unspecified atom stereocenters. The van der Waals surface area contributed by atoms with Gasteiger partial charge >= 0.3 is 0 Å². The standard InChI is InChI=1S/C24H21Cl2NO4S/c1-3-31-20-10-8-19(9-11-20)27(32(29,30)21-12-4-17(2)5-13-21)24(28)15-7-18-6-14-22(25)23(26)16-18/h4-16H,3H2,1-2H3/b15-7+. The molecule has 0 atom stereocenters. The zero-order valence-electron chi connectivity index (χ0n) is 17.5. The van der Waals surface area contributed by atoms with E-state index in [-0.39, 0.29) is 10.6 Å². The Balaban J connectivity index is 2.02. The van der Waals surface area contributed by atoms with Gasteiger partial charge in [0.05, 0.1) is 27.2 Å². The summed E-state index contributed by atoms with van der Waals surface area (Å²) in [6.45, 7) is 4.17. The van der Waals surface area contributed by atoms with E-state index in [2.05, 4.69) is 0 Å². The van der Waals surface area contributed by atoms with Crippen molar-refractivity contribution in [1.29, 1.82) is 0 Å². The van der Waals surface area contributed by atoms with Gasteiger partial charge in [-0.05, 0) is 74.0 Å². The molecule has 0 saturated heterocycles. The number of rotatable bonds is 7. The largest absolute Gasteiger partial charge is 0.494 e. The second kappa shape index (κ2) is 10.2. The summed E-state index contributed by atoms with van der Waals surface area (Å²) >= 11 is 12.0. The average molecular weight is 490 g/mol. The van der Waals surface area contributed by atoms with Crippen LogP contribution < -0.4 is 9.04 Å². The molecule has 0 bridgehead atoms. The number of amides is 1. The van der Waals surface area contributed by atoms with Crippen LogP contribution in [0.3, 0.4) is 0 Å². The highest BCUT2D eigenvalue weighted by molar-refractivity contribution is 7.93. The van der Waals surface area contributed by atoms with Crippen molar-refractivity contribution in [2.45, 2.75) is 18.7 Å². The monoisotopic (exact) mass is 489 g/mol. The quantitative estimate of drug-likeness (QED) is 0.374. The topological polar surface area (TPSA) is 63.7 Å². The number of hydrogen-bond acceptors (Lipinski definition) is 4. The smallest absolute Gasteiger partial charge is 0.271 e. The zero-order chi connectivity index (χ0) is 23.3. The van der Waals surface area contributed by atoms with Gasteiger partial charge in [0.1, 0.15) is 5.75 Å². The molecule has 3 rings (SSSR count). The molecule has 0 spiro atoms. The average Bonchev–Trinajstić information content (AvgIpc) is 2.76. The van der Waals surface area contributed by atoms with Crippen LogP contribution in [-0.4, -0.2) is 20.9 Å². The van der Waals surface area contributed by atoms with Crippen LogP contribution in [0.25, 0.3) is 6.08 Å². The Bertz CT molecular complexity index is 1240. The van der Waals surface area contributed by atoms with Crippen LogP contribution in [0.15, 0.2) is 77.7 Å². The minimum atomic E-state index is -4.17. The van der Waals surface area contributed by atoms with E-state index in [0.29, 0.717) is 28.0 Å². The van der Waals surface area contributed by atoms with Gasteiger partial charge in [-0.25, -0.2) is 8.42 Å². The van der Waals surface area contributed by atoms with Gasteiger partial charge in [-0.1, -0.05) is 47.0 Å². The minimum absolute atomic E-state index is 0.00766. The molecule has 0 aliphatic carbocycles. The van der Waals surface area contributed by atoms with Crippen molar-refractivity contribution in [2.24, 2.45) is 0 Å². The third kappa shape index (κ3) is 5.51. The molecule has 0 heterocycles. The number of aryl methyl sites for hydroxylation is 1. The van der Waals surface area contributed by atoms with E-state index >= 15 is 0 Å². The summed E-state index contributed by atoms with van der Waals surface area (Å²) in [4.78, 5) is 13.1. The molecule has 0 fully saturated rings. The molecule has 0 saturated carbocycles. The van der Waals surface area contributed by atoms with Crippen LogP contribution in [0.4, 0.5) is 5.69 Å². The lowest BCUT2D eigenvalue weighted by Gasteiger charge is -2.22.